The summed E-state index contributed by atoms with van der Waals surface area (Å²) < 4.78 is 10.8. The Morgan fingerprint density at radius 3 is 3.00 bits per heavy atom. The summed E-state index contributed by atoms with van der Waals surface area (Å²) in [5, 5.41) is 4.34. The molecule has 1 unspecified atom stereocenters. The quantitative estimate of drug-likeness (QED) is 0.671. The Labute approximate surface area is 179 Å². The third kappa shape index (κ3) is 3.35. The summed E-state index contributed by atoms with van der Waals surface area (Å²) in [5.41, 5.74) is 2.02. The SMILES string of the molecule is Cc1c(C(=O)N2CCCCC2C)sc2ncnc(NCc3ccc4c(c3)OCO4)c12. The van der Waals surface area contributed by atoms with Crippen LogP contribution in [0.5, 0.6) is 11.5 Å². The molecule has 2 aromatic heterocycles. The van der Waals surface area contributed by atoms with Crippen molar-refractivity contribution in [2.75, 3.05) is 18.7 Å². The Bertz CT molecular complexity index is 1110. The topological polar surface area (TPSA) is 76.6 Å². The second-order valence-electron chi connectivity index (χ2n) is 7.84. The van der Waals surface area contributed by atoms with E-state index in [1.165, 1.54) is 17.8 Å². The summed E-state index contributed by atoms with van der Waals surface area (Å²) in [5.74, 6) is 2.39. The number of aryl methyl sites for hydroxylation is 1. The van der Waals surface area contributed by atoms with Crippen molar-refractivity contribution in [2.24, 2.45) is 0 Å². The highest BCUT2D eigenvalue weighted by Gasteiger charge is 2.28. The Kier molecular flexibility index (Phi) is 4.94. The maximum atomic E-state index is 13.2. The lowest BCUT2D eigenvalue weighted by atomic mass is 10.0. The van der Waals surface area contributed by atoms with Crippen LogP contribution in [0.4, 0.5) is 5.82 Å². The van der Waals surface area contributed by atoms with Gasteiger partial charge in [-0.15, -0.1) is 11.3 Å². The molecule has 1 fully saturated rings. The molecule has 7 nitrogen and oxygen atoms in total. The number of thiophene rings is 1. The van der Waals surface area contributed by atoms with E-state index in [4.69, 9.17) is 9.47 Å². The summed E-state index contributed by atoms with van der Waals surface area (Å²) in [6, 6.07) is 6.18. The molecule has 0 radical (unpaired) electrons. The number of piperidine rings is 1. The van der Waals surface area contributed by atoms with Crippen molar-refractivity contribution in [1.29, 1.82) is 0 Å². The van der Waals surface area contributed by atoms with E-state index >= 15 is 0 Å². The molecular formula is C22H24N4O3S. The Morgan fingerprint density at radius 2 is 2.13 bits per heavy atom. The number of hydrogen-bond acceptors (Lipinski definition) is 7. The number of nitrogens with zero attached hydrogens (tertiary/aromatic N) is 3. The van der Waals surface area contributed by atoms with Crippen LogP contribution in [-0.2, 0) is 6.54 Å². The first-order valence-corrected chi connectivity index (χ1v) is 11.1. The second kappa shape index (κ2) is 7.75. The Morgan fingerprint density at radius 1 is 1.27 bits per heavy atom. The van der Waals surface area contributed by atoms with E-state index in [1.807, 2.05) is 30.0 Å². The molecule has 30 heavy (non-hydrogen) atoms. The van der Waals surface area contributed by atoms with E-state index in [9.17, 15) is 4.79 Å². The summed E-state index contributed by atoms with van der Waals surface area (Å²) in [6.07, 6.45) is 4.88. The average molecular weight is 425 g/mol. The fourth-order valence-electron chi connectivity index (χ4n) is 4.18. The van der Waals surface area contributed by atoms with Gasteiger partial charge in [0.2, 0.25) is 6.79 Å². The number of fused-ring (bicyclic) bond motifs is 2. The van der Waals surface area contributed by atoms with E-state index in [1.54, 1.807) is 6.33 Å². The molecular weight excluding hydrogens is 400 g/mol. The molecule has 8 heteroatoms. The van der Waals surface area contributed by atoms with Gasteiger partial charge in [-0.25, -0.2) is 9.97 Å². The van der Waals surface area contributed by atoms with Gasteiger partial charge in [-0.3, -0.25) is 4.79 Å². The monoisotopic (exact) mass is 424 g/mol. The number of nitrogens with one attached hydrogen (secondary N) is 1. The summed E-state index contributed by atoms with van der Waals surface area (Å²) >= 11 is 1.46. The van der Waals surface area contributed by atoms with Crippen molar-refractivity contribution < 1.29 is 14.3 Å². The van der Waals surface area contributed by atoms with Gasteiger partial charge in [0.15, 0.2) is 11.5 Å². The maximum absolute atomic E-state index is 13.2. The number of hydrogen-bond donors (Lipinski definition) is 1. The van der Waals surface area contributed by atoms with Crippen LogP contribution < -0.4 is 14.8 Å². The average Bonchev–Trinajstić information content (AvgIpc) is 3.36. The van der Waals surface area contributed by atoms with Crippen LogP contribution in [0.25, 0.3) is 10.2 Å². The number of carbonyl (C=O) groups is 1. The van der Waals surface area contributed by atoms with E-state index in [0.29, 0.717) is 6.54 Å². The molecule has 0 bridgehead atoms. The molecule has 1 atom stereocenters. The number of likely N-dealkylation sites (tertiary alicyclic amines) is 1. The van der Waals surface area contributed by atoms with E-state index in [2.05, 4.69) is 22.2 Å². The van der Waals surface area contributed by atoms with Gasteiger partial charge in [0.05, 0.1) is 10.3 Å². The van der Waals surface area contributed by atoms with Gasteiger partial charge in [0, 0.05) is 19.1 Å². The second-order valence-corrected chi connectivity index (χ2v) is 8.84. The number of amides is 1. The van der Waals surface area contributed by atoms with Gasteiger partial charge in [-0.2, -0.15) is 0 Å². The fraction of sp³-hybridized carbons (Fsp3) is 0.409. The minimum atomic E-state index is 0.115. The van der Waals surface area contributed by atoms with Crippen molar-refractivity contribution in [2.45, 2.75) is 45.7 Å². The molecule has 1 aromatic carbocycles. The molecule has 0 saturated carbocycles. The zero-order chi connectivity index (χ0) is 20.7. The van der Waals surface area contributed by atoms with E-state index in [0.717, 1.165) is 62.9 Å². The molecule has 2 aliphatic rings. The fourth-order valence-corrected chi connectivity index (χ4v) is 5.28. The number of benzene rings is 1. The molecule has 2 aliphatic heterocycles. The van der Waals surface area contributed by atoms with Crippen LogP contribution in [0.3, 0.4) is 0 Å². The number of ether oxygens (including phenoxy) is 2. The summed E-state index contributed by atoms with van der Waals surface area (Å²) in [4.78, 5) is 25.7. The van der Waals surface area contributed by atoms with E-state index in [-0.39, 0.29) is 18.7 Å². The third-order valence-corrected chi connectivity index (χ3v) is 7.07. The molecule has 5 rings (SSSR count). The van der Waals surface area contributed by atoms with Crippen LogP contribution in [0.15, 0.2) is 24.5 Å². The highest BCUT2D eigenvalue weighted by atomic mass is 32.1. The number of carbonyl (C=O) groups excluding carboxylic acids is 1. The first kappa shape index (κ1) is 19.1. The highest BCUT2D eigenvalue weighted by Crippen LogP contribution is 2.36. The van der Waals surface area contributed by atoms with Gasteiger partial charge < -0.3 is 19.7 Å². The minimum Gasteiger partial charge on any atom is -0.454 e. The molecule has 1 saturated heterocycles. The van der Waals surface area contributed by atoms with Crippen LogP contribution in [0.1, 0.15) is 47.0 Å². The molecule has 4 heterocycles. The first-order chi connectivity index (χ1) is 14.6. The van der Waals surface area contributed by atoms with Crippen LogP contribution in [-0.4, -0.2) is 40.2 Å². The highest BCUT2D eigenvalue weighted by molar-refractivity contribution is 7.20. The van der Waals surface area contributed by atoms with Crippen molar-refractivity contribution >= 4 is 33.3 Å². The Hall–Kier alpha value is -2.87. The largest absolute Gasteiger partial charge is 0.454 e. The minimum absolute atomic E-state index is 0.115. The van der Waals surface area contributed by atoms with Gasteiger partial charge in [0.1, 0.15) is 17.0 Å². The molecule has 156 valence electrons. The number of anilines is 1. The predicted octanol–water partition coefficient (Wildman–Crippen LogP) is 4.36. The third-order valence-electron chi connectivity index (χ3n) is 5.88. The molecule has 1 N–H and O–H groups in total. The van der Waals surface area contributed by atoms with Crippen LogP contribution in [0.2, 0.25) is 0 Å². The molecule has 0 spiro atoms. The van der Waals surface area contributed by atoms with Gasteiger partial charge in [-0.05, 0) is 56.4 Å². The number of aromatic nitrogens is 2. The lowest BCUT2D eigenvalue weighted by molar-refractivity contribution is 0.0640. The smallest absolute Gasteiger partial charge is 0.264 e. The van der Waals surface area contributed by atoms with Crippen molar-refractivity contribution in [3.8, 4) is 11.5 Å². The summed E-state index contributed by atoms with van der Waals surface area (Å²) in [7, 11) is 0. The van der Waals surface area contributed by atoms with E-state index < -0.39 is 0 Å². The van der Waals surface area contributed by atoms with Crippen LogP contribution in [0, 0.1) is 6.92 Å². The lowest BCUT2D eigenvalue weighted by Gasteiger charge is -2.33. The van der Waals surface area contributed by atoms with Crippen molar-refractivity contribution in [1.82, 2.24) is 14.9 Å². The predicted molar refractivity (Wildman–Crippen MR) is 116 cm³/mol. The van der Waals surface area contributed by atoms with Crippen LogP contribution >= 0.6 is 11.3 Å². The van der Waals surface area contributed by atoms with Crippen molar-refractivity contribution in [3.05, 3.63) is 40.5 Å². The summed E-state index contributed by atoms with van der Waals surface area (Å²) in [6.45, 7) is 5.81. The van der Waals surface area contributed by atoms with Gasteiger partial charge in [0.25, 0.3) is 5.91 Å². The first-order valence-electron chi connectivity index (χ1n) is 10.3. The normalized spacial score (nSPS) is 18.1. The van der Waals surface area contributed by atoms with Gasteiger partial charge in [-0.1, -0.05) is 6.07 Å². The zero-order valence-corrected chi connectivity index (χ0v) is 17.9. The Balaban J connectivity index is 1.41. The molecule has 0 aliphatic carbocycles. The standard InChI is InChI=1S/C22H24N4O3S/c1-13-5-3-4-8-26(13)22(27)19-14(2)18-20(24-11-25-21(18)30-19)23-10-15-6-7-16-17(9-15)29-12-28-16/h6-7,9,11,13H,3-5,8,10,12H2,1-2H3,(H,23,24,25). The molecule has 1 amide bonds. The lowest BCUT2D eigenvalue weighted by Crippen LogP contribution is -2.41. The number of rotatable bonds is 4. The zero-order valence-electron chi connectivity index (χ0n) is 17.1. The maximum Gasteiger partial charge on any atom is 0.264 e. The molecule has 3 aromatic rings. The van der Waals surface area contributed by atoms with Gasteiger partial charge >= 0.3 is 0 Å². The van der Waals surface area contributed by atoms with Crippen molar-refractivity contribution in [3.63, 3.8) is 0 Å².